The Labute approximate surface area is 462 Å². The molecule has 0 spiro atoms. The van der Waals surface area contributed by atoms with Crippen molar-refractivity contribution in [1.29, 1.82) is 0 Å². The smallest absolute Gasteiger partial charge is 0.329 e. The van der Waals surface area contributed by atoms with Gasteiger partial charge in [0.25, 0.3) is 5.91 Å². The fourth-order valence-electron chi connectivity index (χ4n) is 8.60. The van der Waals surface area contributed by atoms with Gasteiger partial charge in [-0.3, -0.25) is 53.2 Å². The Bertz CT molecular complexity index is 2090. The van der Waals surface area contributed by atoms with Crippen LogP contribution in [-0.4, -0.2) is 217 Å². The maximum absolute atomic E-state index is 14.4. The zero-order valence-corrected chi connectivity index (χ0v) is 49.4. The number of thioether (sulfide) groups is 1. The fraction of sp³-hybridized carbons (Fsp3) is 0.745. The number of fused-ring (bicyclic) bond motifs is 1. The summed E-state index contributed by atoms with van der Waals surface area (Å²) < 4.78 is 22.6. The largest absolute Gasteiger partial charge is 0.459 e. The molecule has 1 saturated heterocycles. The number of ether oxygens (including phenoxy) is 4. The second-order valence-electron chi connectivity index (χ2n) is 23.8. The van der Waals surface area contributed by atoms with E-state index in [1.165, 1.54) is 11.8 Å². The maximum atomic E-state index is 14.4. The lowest BCUT2D eigenvalue weighted by Gasteiger charge is -2.35. The highest BCUT2D eigenvalue weighted by Crippen LogP contribution is 2.24. The number of nitrogens with one attached hydrogen (secondary N) is 3. The third-order valence-corrected chi connectivity index (χ3v) is 12.7. The van der Waals surface area contributed by atoms with E-state index in [9.17, 15) is 38.4 Å². The normalized spacial score (nSPS) is 16.8. The molecule has 0 aliphatic carbocycles. The first kappa shape index (κ1) is 66.4. The second kappa shape index (κ2) is 31.1. The molecule has 0 aromatic heterocycles. The van der Waals surface area contributed by atoms with Crippen LogP contribution in [0.5, 0.6) is 0 Å². The summed E-state index contributed by atoms with van der Waals surface area (Å²) in [5.41, 5.74) is 4.75. The number of esters is 4. The average molecular weight is 1100 g/mol. The van der Waals surface area contributed by atoms with Crippen molar-refractivity contribution < 1.29 is 57.3 Å². The summed E-state index contributed by atoms with van der Waals surface area (Å²) in [7, 11) is 0. The van der Waals surface area contributed by atoms with E-state index in [0.29, 0.717) is 102 Å². The highest BCUT2D eigenvalue weighted by atomic mass is 32.2. The Kier molecular flexibility index (Phi) is 26.8. The molecule has 1 aromatic carbocycles. The summed E-state index contributed by atoms with van der Waals surface area (Å²) in [6, 6.07) is 3.44. The van der Waals surface area contributed by atoms with E-state index in [0.717, 1.165) is 11.1 Å². The number of nitrogens with zero attached hydrogens (tertiary/aromatic N) is 5. The number of unbranched alkanes of at least 4 members (excludes halogenated alkanes) is 1. The predicted molar refractivity (Wildman–Crippen MR) is 297 cm³/mol. The van der Waals surface area contributed by atoms with E-state index < -0.39 is 76.7 Å². The summed E-state index contributed by atoms with van der Waals surface area (Å²) in [5.74, 6) is -2.94. The maximum Gasteiger partial charge on any atom is 0.329 e. The third kappa shape index (κ3) is 27.0. The molecule has 3 rings (SSSR count). The molecule has 2 atom stereocenters. The van der Waals surface area contributed by atoms with Crippen LogP contribution >= 0.6 is 11.8 Å². The standard InChI is InChI=1S/C55H93N9O12S/c1-52(2,3)73-46(67)36-61-26-24-60(25-27-62(37-47(68)74-53(4,5)6)29-31-63(30-28-61)38-48(69)75-54(7,8)9)35-45(66)64-23-20-40-39(34-64)17-16-18-41(40)49(70)59-42(21-32-77-13)50(71)57-33-44(65)58-43(19-14-15-22-56)51(72)76-55(10,11)12/h16-18,42-43H,14-15,19-38,56H2,1-13H3,(H,57,71)(H,58,65)(H,59,70). The first-order valence-electron chi connectivity index (χ1n) is 27.1. The Morgan fingerprint density at radius 3 is 1.51 bits per heavy atom. The van der Waals surface area contributed by atoms with Gasteiger partial charge >= 0.3 is 23.9 Å². The molecule has 4 amide bonds. The lowest BCUT2D eigenvalue weighted by molar-refractivity contribution is -0.159. The van der Waals surface area contributed by atoms with Crippen LogP contribution in [0.15, 0.2) is 18.2 Å². The van der Waals surface area contributed by atoms with Gasteiger partial charge in [0, 0.05) is 71.0 Å². The van der Waals surface area contributed by atoms with Gasteiger partial charge in [0.1, 0.15) is 34.5 Å². The summed E-state index contributed by atoms with van der Waals surface area (Å²) in [5, 5.41) is 8.21. The Morgan fingerprint density at radius 2 is 1.06 bits per heavy atom. The van der Waals surface area contributed by atoms with Gasteiger partial charge in [-0.15, -0.1) is 0 Å². The first-order chi connectivity index (χ1) is 35.8. The third-order valence-electron chi connectivity index (χ3n) is 12.1. The summed E-state index contributed by atoms with van der Waals surface area (Å²) in [4.78, 5) is 117. The number of rotatable bonds is 22. The van der Waals surface area contributed by atoms with Gasteiger partial charge in [-0.1, -0.05) is 12.1 Å². The van der Waals surface area contributed by atoms with E-state index >= 15 is 0 Å². The number of benzene rings is 1. The molecule has 21 nitrogen and oxygen atoms in total. The number of hydrogen-bond acceptors (Lipinski definition) is 18. The van der Waals surface area contributed by atoms with Crippen LogP contribution in [0.1, 0.15) is 130 Å². The summed E-state index contributed by atoms with van der Waals surface area (Å²) in [6.07, 6.45) is 4.12. The molecule has 2 heterocycles. The van der Waals surface area contributed by atoms with E-state index in [1.807, 2.05) is 94.2 Å². The molecule has 0 radical (unpaired) electrons. The highest BCUT2D eigenvalue weighted by molar-refractivity contribution is 7.98. The molecule has 1 aromatic rings. The van der Waals surface area contributed by atoms with Crippen LogP contribution in [-0.2, 0) is 65.5 Å². The van der Waals surface area contributed by atoms with Crippen molar-refractivity contribution in [2.45, 2.75) is 156 Å². The van der Waals surface area contributed by atoms with Gasteiger partial charge in [-0.25, -0.2) is 4.79 Å². The molecule has 436 valence electrons. The van der Waals surface area contributed by atoms with E-state index in [1.54, 1.807) is 37.8 Å². The molecule has 0 saturated carbocycles. The van der Waals surface area contributed by atoms with Crippen molar-refractivity contribution in [3.8, 4) is 0 Å². The van der Waals surface area contributed by atoms with Crippen molar-refractivity contribution in [2.24, 2.45) is 5.73 Å². The molecular formula is C55H93N9O12S. The lowest BCUT2D eigenvalue weighted by Crippen LogP contribution is -2.51. The first-order valence-corrected chi connectivity index (χ1v) is 28.5. The molecule has 2 aliphatic heterocycles. The number of nitrogens with two attached hydrogens (primary N) is 1. The van der Waals surface area contributed by atoms with Crippen LogP contribution in [0.4, 0.5) is 0 Å². The molecular weight excluding hydrogens is 1010 g/mol. The molecule has 2 unspecified atom stereocenters. The van der Waals surface area contributed by atoms with Crippen molar-refractivity contribution in [2.75, 3.05) is 110 Å². The van der Waals surface area contributed by atoms with E-state index in [2.05, 4.69) is 16.0 Å². The van der Waals surface area contributed by atoms with Gasteiger partial charge in [0.15, 0.2) is 0 Å². The minimum absolute atomic E-state index is 0.00288. The molecule has 0 bridgehead atoms. The number of carbonyl (C=O) groups is 8. The number of hydrogen-bond donors (Lipinski definition) is 4. The predicted octanol–water partition coefficient (Wildman–Crippen LogP) is 2.74. The average Bonchev–Trinajstić information content (AvgIpc) is 3.29. The van der Waals surface area contributed by atoms with Gasteiger partial charge in [0.05, 0.1) is 32.7 Å². The van der Waals surface area contributed by atoms with Crippen LogP contribution in [0.3, 0.4) is 0 Å². The number of carbonyl (C=O) groups excluding carboxylic acids is 8. The highest BCUT2D eigenvalue weighted by Gasteiger charge is 2.32. The number of amides is 4. The Balaban J connectivity index is 1.79. The zero-order valence-electron chi connectivity index (χ0n) is 48.6. The molecule has 22 heteroatoms. The van der Waals surface area contributed by atoms with Crippen LogP contribution in [0.2, 0.25) is 0 Å². The van der Waals surface area contributed by atoms with Crippen molar-refractivity contribution in [1.82, 2.24) is 40.4 Å². The minimum Gasteiger partial charge on any atom is -0.459 e. The van der Waals surface area contributed by atoms with E-state index in [4.69, 9.17) is 24.7 Å². The second-order valence-corrected chi connectivity index (χ2v) is 24.8. The Morgan fingerprint density at radius 1 is 0.597 bits per heavy atom. The van der Waals surface area contributed by atoms with Gasteiger partial charge < -0.3 is 45.5 Å². The topological polar surface area (TPSA) is 252 Å². The molecule has 5 N–H and O–H groups in total. The molecule has 77 heavy (non-hydrogen) atoms. The van der Waals surface area contributed by atoms with Gasteiger partial charge in [-0.2, -0.15) is 11.8 Å². The van der Waals surface area contributed by atoms with Crippen LogP contribution in [0, 0.1) is 0 Å². The van der Waals surface area contributed by atoms with E-state index in [-0.39, 0.29) is 51.0 Å². The fourth-order valence-corrected chi connectivity index (χ4v) is 9.07. The zero-order chi connectivity index (χ0) is 57.7. The quantitative estimate of drug-likeness (QED) is 0.0740. The summed E-state index contributed by atoms with van der Waals surface area (Å²) >= 11 is 1.51. The van der Waals surface area contributed by atoms with Crippen LogP contribution < -0.4 is 21.7 Å². The lowest BCUT2D eigenvalue weighted by atomic mass is 9.93. The van der Waals surface area contributed by atoms with Crippen molar-refractivity contribution >= 4 is 59.3 Å². The SMILES string of the molecule is CSCCC(NC(=O)c1cccc2c1CCN(C(=O)CN1CCN(CC(=O)OC(C)(C)C)CCN(CC(=O)OC(C)(C)C)CCN(CC(=O)OC(C)(C)C)CC1)C2)C(=O)NCC(=O)NC(CCCCN)C(=O)OC(C)(C)C. The van der Waals surface area contributed by atoms with Gasteiger partial charge in [0.2, 0.25) is 17.7 Å². The Hall–Kier alpha value is -4.87. The molecule has 1 fully saturated rings. The summed E-state index contributed by atoms with van der Waals surface area (Å²) in [6.45, 7) is 25.4. The van der Waals surface area contributed by atoms with Crippen molar-refractivity contribution in [3.05, 3.63) is 34.9 Å². The van der Waals surface area contributed by atoms with Crippen molar-refractivity contribution in [3.63, 3.8) is 0 Å². The monoisotopic (exact) mass is 1100 g/mol. The van der Waals surface area contributed by atoms with Gasteiger partial charge in [-0.05, 0) is 151 Å². The minimum atomic E-state index is -0.970. The van der Waals surface area contributed by atoms with Crippen LogP contribution in [0.25, 0.3) is 0 Å². The molecule has 2 aliphatic rings.